The summed E-state index contributed by atoms with van der Waals surface area (Å²) in [5, 5.41) is 3.33. The Balaban J connectivity index is 2.19. The zero-order valence-electron chi connectivity index (χ0n) is 13.8. The largest absolute Gasteiger partial charge is 0.402 e. The van der Waals surface area contributed by atoms with Gasteiger partial charge in [0.05, 0.1) is 0 Å². The molecular weight excluding hydrogens is 286 g/mol. The van der Waals surface area contributed by atoms with Gasteiger partial charge >= 0.3 is 0 Å². The van der Waals surface area contributed by atoms with Gasteiger partial charge in [0.15, 0.2) is 0 Å². The van der Waals surface area contributed by atoms with Gasteiger partial charge in [-0.15, -0.1) is 0 Å². The highest BCUT2D eigenvalue weighted by molar-refractivity contribution is 6.02. The molecule has 0 radical (unpaired) electrons. The number of benzene rings is 2. The number of anilines is 3. The van der Waals surface area contributed by atoms with Crippen molar-refractivity contribution in [1.82, 2.24) is 0 Å². The summed E-state index contributed by atoms with van der Waals surface area (Å²) >= 11 is 0. The summed E-state index contributed by atoms with van der Waals surface area (Å²) in [5.41, 5.74) is 8.97. The topological polar surface area (TPSA) is 58.4 Å². The molecule has 0 spiro atoms. The van der Waals surface area contributed by atoms with Crippen LogP contribution in [0.5, 0.6) is 0 Å². The maximum Gasteiger partial charge on any atom is 0.252 e. The van der Waals surface area contributed by atoms with Gasteiger partial charge < -0.3 is 16.0 Å². The molecule has 0 aromatic heterocycles. The lowest BCUT2D eigenvalue weighted by Gasteiger charge is -2.26. The van der Waals surface area contributed by atoms with Crippen LogP contribution in [0.1, 0.15) is 20.8 Å². The zero-order chi connectivity index (χ0) is 16.8. The fourth-order valence-electron chi connectivity index (χ4n) is 2.34. The molecule has 23 heavy (non-hydrogen) atoms. The van der Waals surface area contributed by atoms with E-state index in [1.807, 2.05) is 68.4 Å². The molecule has 0 fully saturated rings. The highest BCUT2D eigenvalue weighted by atomic mass is 16.2. The Morgan fingerprint density at radius 2 is 1.61 bits per heavy atom. The Morgan fingerprint density at radius 1 is 1.04 bits per heavy atom. The number of nitrogens with two attached hydrogens (primary N) is 1. The first-order chi connectivity index (χ1) is 11.0. The fraction of sp³-hybridized carbons (Fsp3) is 0.211. The molecule has 0 saturated heterocycles. The minimum Gasteiger partial charge on any atom is -0.402 e. The van der Waals surface area contributed by atoms with Crippen LogP contribution in [0.25, 0.3) is 0 Å². The van der Waals surface area contributed by atoms with Gasteiger partial charge in [-0.3, -0.25) is 4.79 Å². The molecule has 3 N–H and O–H groups in total. The SMILES string of the molecule is C/C(N)=C/C(=O)N(c1ccc(Nc2ccccc2)cc1)C(C)C. The van der Waals surface area contributed by atoms with Gasteiger partial charge in [0.1, 0.15) is 0 Å². The quantitative estimate of drug-likeness (QED) is 0.820. The Morgan fingerprint density at radius 3 is 2.13 bits per heavy atom. The molecule has 0 aliphatic rings. The van der Waals surface area contributed by atoms with E-state index in [-0.39, 0.29) is 11.9 Å². The van der Waals surface area contributed by atoms with E-state index in [2.05, 4.69) is 5.32 Å². The number of carbonyl (C=O) groups excluding carboxylic acids is 1. The molecule has 1 amide bonds. The molecule has 0 unspecified atom stereocenters. The van der Waals surface area contributed by atoms with Crippen molar-refractivity contribution in [1.29, 1.82) is 0 Å². The Hall–Kier alpha value is -2.75. The van der Waals surface area contributed by atoms with E-state index in [4.69, 9.17) is 5.73 Å². The summed E-state index contributed by atoms with van der Waals surface area (Å²) in [6.45, 7) is 5.67. The number of hydrogen-bond acceptors (Lipinski definition) is 3. The maximum atomic E-state index is 12.3. The van der Waals surface area contributed by atoms with Crippen LogP contribution in [-0.4, -0.2) is 11.9 Å². The maximum absolute atomic E-state index is 12.3. The normalized spacial score (nSPS) is 11.4. The number of amides is 1. The monoisotopic (exact) mass is 309 g/mol. The van der Waals surface area contributed by atoms with Crippen molar-refractivity contribution in [3.63, 3.8) is 0 Å². The van der Waals surface area contributed by atoms with E-state index in [0.29, 0.717) is 5.70 Å². The Labute approximate surface area is 137 Å². The molecule has 0 aliphatic heterocycles. The number of nitrogens with zero attached hydrogens (tertiary/aromatic N) is 1. The van der Waals surface area contributed by atoms with Crippen LogP contribution >= 0.6 is 0 Å². The number of hydrogen-bond donors (Lipinski definition) is 2. The van der Waals surface area contributed by atoms with Crippen molar-refractivity contribution in [2.24, 2.45) is 5.73 Å². The van der Waals surface area contributed by atoms with Crippen LogP contribution < -0.4 is 16.0 Å². The second-order valence-corrected chi connectivity index (χ2v) is 5.73. The van der Waals surface area contributed by atoms with Crippen molar-refractivity contribution >= 4 is 23.0 Å². The number of carbonyl (C=O) groups is 1. The average Bonchev–Trinajstić information content (AvgIpc) is 2.49. The van der Waals surface area contributed by atoms with Crippen LogP contribution in [0.3, 0.4) is 0 Å². The van der Waals surface area contributed by atoms with Gasteiger partial charge in [-0.25, -0.2) is 0 Å². The van der Waals surface area contributed by atoms with Crippen LogP contribution in [0.4, 0.5) is 17.1 Å². The third-order valence-electron chi connectivity index (χ3n) is 3.31. The van der Waals surface area contributed by atoms with E-state index >= 15 is 0 Å². The van der Waals surface area contributed by atoms with E-state index in [0.717, 1.165) is 17.1 Å². The molecule has 0 bridgehead atoms. The lowest BCUT2D eigenvalue weighted by molar-refractivity contribution is -0.114. The lowest BCUT2D eigenvalue weighted by Crippen LogP contribution is -2.36. The Kier molecular flexibility index (Phi) is 5.41. The molecule has 2 aromatic carbocycles. The minimum atomic E-state index is -0.108. The average molecular weight is 309 g/mol. The van der Waals surface area contributed by atoms with Crippen molar-refractivity contribution in [2.75, 3.05) is 10.2 Å². The van der Waals surface area contributed by atoms with Crippen molar-refractivity contribution in [3.05, 3.63) is 66.4 Å². The Bertz CT molecular complexity index is 672. The van der Waals surface area contributed by atoms with Gasteiger partial charge in [-0.2, -0.15) is 0 Å². The van der Waals surface area contributed by atoms with E-state index in [1.54, 1.807) is 11.8 Å². The van der Waals surface area contributed by atoms with Gasteiger partial charge in [0.25, 0.3) is 5.91 Å². The zero-order valence-corrected chi connectivity index (χ0v) is 13.8. The van der Waals surface area contributed by atoms with E-state index in [1.165, 1.54) is 6.08 Å². The third-order valence-corrected chi connectivity index (χ3v) is 3.31. The number of nitrogens with one attached hydrogen (secondary N) is 1. The van der Waals surface area contributed by atoms with Crippen LogP contribution in [0, 0.1) is 0 Å². The second kappa shape index (κ2) is 7.49. The summed E-state index contributed by atoms with van der Waals surface area (Å²) in [5.74, 6) is -0.108. The molecule has 0 atom stereocenters. The fourth-order valence-corrected chi connectivity index (χ4v) is 2.34. The first-order valence-corrected chi connectivity index (χ1v) is 7.66. The summed E-state index contributed by atoms with van der Waals surface area (Å²) in [6.07, 6.45) is 1.45. The molecule has 2 aromatic rings. The molecule has 0 saturated carbocycles. The van der Waals surface area contributed by atoms with Crippen molar-refractivity contribution in [3.8, 4) is 0 Å². The third kappa shape index (κ3) is 4.61. The highest BCUT2D eigenvalue weighted by Gasteiger charge is 2.17. The van der Waals surface area contributed by atoms with Gasteiger partial charge in [0, 0.05) is 34.9 Å². The molecule has 0 heterocycles. The number of para-hydroxylation sites is 1. The first kappa shape index (κ1) is 16.6. The van der Waals surface area contributed by atoms with Crippen LogP contribution in [0.2, 0.25) is 0 Å². The molecule has 120 valence electrons. The predicted molar refractivity (Wildman–Crippen MR) is 96.7 cm³/mol. The highest BCUT2D eigenvalue weighted by Crippen LogP contribution is 2.23. The van der Waals surface area contributed by atoms with Gasteiger partial charge in [-0.05, 0) is 57.2 Å². The van der Waals surface area contributed by atoms with Gasteiger partial charge in [-0.1, -0.05) is 18.2 Å². The summed E-state index contributed by atoms with van der Waals surface area (Å²) < 4.78 is 0. The standard InChI is InChI=1S/C19H23N3O/c1-14(2)22(19(23)13-15(3)20)18-11-9-17(10-12-18)21-16-7-5-4-6-8-16/h4-14,21H,20H2,1-3H3/b15-13-. The smallest absolute Gasteiger partial charge is 0.252 e. The molecular formula is C19H23N3O. The molecule has 4 heteroatoms. The summed E-state index contributed by atoms with van der Waals surface area (Å²) in [6, 6.07) is 17.8. The number of allylic oxidation sites excluding steroid dienone is 1. The molecule has 2 rings (SSSR count). The van der Waals surface area contributed by atoms with Crippen LogP contribution in [0.15, 0.2) is 66.4 Å². The first-order valence-electron chi connectivity index (χ1n) is 7.66. The predicted octanol–water partition coefficient (Wildman–Crippen LogP) is 4.03. The number of rotatable bonds is 5. The molecule has 0 aliphatic carbocycles. The van der Waals surface area contributed by atoms with Gasteiger partial charge in [0.2, 0.25) is 0 Å². The van der Waals surface area contributed by atoms with Crippen molar-refractivity contribution < 1.29 is 4.79 Å². The molecule has 4 nitrogen and oxygen atoms in total. The van der Waals surface area contributed by atoms with E-state index < -0.39 is 0 Å². The van der Waals surface area contributed by atoms with E-state index in [9.17, 15) is 4.79 Å². The summed E-state index contributed by atoms with van der Waals surface area (Å²) in [4.78, 5) is 14.1. The van der Waals surface area contributed by atoms with Crippen molar-refractivity contribution in [2.45, 2.75) is 26.8 Å². The second-order valence-electron chi connectivity index (χ2n) is 5.73. The van der Waals surface area contributed by atoms with Crippen LogP contribution in [-0.2, 0) is 4.79 Å². The summed E-state index contributed by atoms with van der Waals surface area (Å²) in [7, 11) is 0. The minimum absolute atomic E-state index is 0.0473. The lowest BCUT2D eigenvalue weighted by atomic mass is 10.2.